The summed E-state index contributed by atoms with van der Waals surface area (Å²) in [6.45, 7) is 16.9. The maximum atomic E-state index is 5.73. The van der Waals surface area contributed by atoms with E-state index in [1.54, 1.807) is 0 Å². The van der Waals surface area contributed by atoms with Crippen LogP contribution in [-0.4, -0.2) is 8.86 Å². The molecule has 0 aromatic heterocycles. The van der Waals surface area contributed by atoms with Gasteiger partial charge in [0.15, 0.2) is 0 Å². The molecule has 0 saturated carbocycles. The Morgan fingerprint density at radius 1 is 0.882 bits per heavy atom. The largest absolute Gasteiger partial charge is 0.467 e. The minimum Gasteiger partial charge on any atom is -0.467 e. The zero-order chi connectivity index (χ0) is 13.7. The molecule has 17 heavy (non-hydrogen) atoms. The van der Waals surface area contributed by atoms with Crippen LogP contribution >= 0.6 is 45.2 Å². The smallest absolute Gasteiger partial charge is 0.0969 e. The first-order valence-electron chi connectivity index (χ1n) is 5.77. The van der Waals surface area contributed by atoms with Crippen molar-refractivity contribution >= 4 is 45.2 Å². The molecule has 0 radical (unpaired) electrons. The maximum absolute atomic E-state index is 5.73. The SMILES string of the molecule is C=C(CC(C)(C)CI)OC(=C)CC(C)(C)CI. The Kier molecular flexibility index (Phi) is 7.68. The third-order valence-electron chi connectivity index (χ3n) is 2.36. The second kappa shape index (κ2) is 7.36. The van der Waals surface area contributed by atoms with Crippen molar-refractivity contribution in [3.63, 3.8) is 0 Å². The van der Waals surface area contributed by atoms with Crippen LogP contribution in [0.15, 0.2) is 24.7 Å². The molecule has 0 fully saturated rings. The number of halogens is 2. The fraction of sp³-hybridized carbons (Fsp3) is 0.714. The summed E-state index contributed by atoms with van der Waals surface area (Å²) in [5.41, 5.74) is 0.493. The van der Waals surface area contributed by atoms with Gasteiger partial charge >= 0.3 is 0 Å². The zero-order valence-corrected chi connectivity index (χ0v) is 15.7. The van der Waals surface area contributed by atoms with Gasteiger partial charge in [-0.25, -0.2) is 0 Å². The van der Waals surface area contributed by atoms with E-state index in [0.29, 0.717) is 0 Å². The van der Waals surface area contributed by atoms with Crippen LogP contribution in [0.25, 0.3) is 0 Å². The number of allylic oxidation sites excluding steroid dienone is 2. The van der Waals surface area contributed by atoms with E-state index in [1.807, 2.05) is 0 Å². The standard InChI is InChI=1S/C14H24I2O/c1-11(7-13(3,4)9-15)17-12(2)8-14(5,6)10-16/h1-2,7-10H2,3-6H3. The summed E-state index contributed by atoms with van der Waals surface area (Å²) >= 11 is 4.81. The highest BCUT2D eigenvalue weighted by molar-refractivity contribution is 14.1. The van der Waals surface area contributed by atoms with E-state index in [-0.39, 0.29) is 10.8 Å². The first-order valence-corrected chi connectivity index (χ1v) is 8.82. The topological polar surface area (TPSA) is 9.23 Å². The Morgan fingerprint density at radius 3 is 1.41 bits per heavy atom. The fourth-order valence-corrected chi connectivity index (χ4v) is 1.98. The molecule has 0 saturated heterocycles. The lowest BCUT2D eigenvalue weighted by Gasteiger charge is -2.26. The number of alkyl halides is 2. The average Bonchev–Trinajstić information content (AvgIpc) is 2.15. The number of rotatable bonds is 8. The molecule has 100 valence electrons. The van der Waals surface area contributed by atoms with Crippen molar-refractivity contribution in [1.82, 2.24) is 0 Å². The molecule has 0 aromatic carbocycles. The van der Waals surface area contributed by atoms with E-state index in [2.05, 4.69) is 86.0 Å². The van der Waals surface area contributed by atoms with Gasteiger partial charge in [0.1, 0.15) is 0 Å². The summed E-state index contributed by atoms with van der Waals surface area (Å²) in [5, 5.41) is 0. The van der Waals surface area contributed by atoms with E-state index in [0.717, 1.165) is 33.2 Å². The minimum atomic E-state index is 0.247. The molecule has 0 atom stereocenters. The van der Waals surface area contributed by atoms with Crippen molar-refractivity contribution in [2.45, 2.75) is 40.5 Å². The van der Waals surface area contributed by atoms with Crippen LogP contribution in [0.1, 0.15) is 40.5 Å². The monoisotopic (exact) mass is 462 g/mol. The molecule has 0 aliphatic carbocycles. The number of hydrogen-bond acceptors (Lipinski definition) is 1. The van der Waals surface area contributed by atoms with Gasteiger partial charge in [0.2, 0.25) is 0 Å². The molecule has 0 heterocycles. The summed E-state index contributed by atoms with van der Waals surface area (Å²) in [7, 11) is 0. The summed E-state index contributed by atoms with van der Waals surface area (Å²) in [5.74, 6) is 1.67. The first-order chi connectivity index (χ1) is 7.62. The van der Waals surface area contributed by atoms with Gasteiger partial charge in [-0.1, -0.05) is 86.0 Å². The van der Waals surface area contributed by atoms with E-state index in [9.17, 15) is 0 Å². The Balaban J connectivity index is 4.19. The summed E-state index contributed by atoms with van der Waals surface area (Å²) < 4.78 is 7.92. The van der Waals surface area contributed by atoms with Crippen molar-refractivity contribution in [3.8, 4) is 0 Å². The third kappa shape index (κ3) is 8.46. The summed E-state index contributed by atoms with van der Waals surface area (Å²) in [6, 6.07) is 0. The molecule has 0 aliphatic rings. The zero-order valence-electron chi connectivity index (χ0n) is 11.4. The Morgan fingerprint density at radius 2 is 1.18 bits per heavy atom. The van der Waals surface area contributed by atoms with Gasteiger partial charge in [0.05, 0.1) is 11.5 Å². The summed E-state index contributed by atoms with van der Waals surface area (Å²) in [6.07, 6.45) is 1.78. The molecular formula is C14H24I2O. The molecule has 0 aliphatic heterocycles. The minimum absolute atomic E-state index is 0.247. The lowest BCUT2D eigenvalue weighted by molar-refractivity contribution is 0.222. The molecule has 3 heteroatoms. The van der Waals surface area contributed by atoms with Crippen molar-refractivity contribution in [2.24, 2.45) is 10.8 Å². The van der Waals surface area contributed by atoms with Crippen LogP contribution in [0.4, 0.5) is 0 Å². The summed E-state index contributed by atoms with van der Waals surface area (Å²) in [4.78, 5) is 0. The van der Waals surface area contributed by atoms with E-state index in [1.165, 1.54) is 0 Å². The molecule has 1 nitrogen and oxygen atoms in total. The van der Waals surface area contributed by atoms with Crippen LogP contribution in [0.2, 0.25) is 0 Å². The molecule has 0 unspecified atom stereocenters. The lowest BCUT2D eigenvalue weighted by atomic mass is 9.90. The van der Waals surface area contributed by atoms with Gasteiger partial charge in [-0.15, -0.1) is 0 Å². The average molecular weight is 462 g/mol. The van der Waals surface area contributed by atoms with Crippen LogP contribution in [0, 0.1) is 10.8 Å². The molecule has 0 aromatic rings. The highest BCUT2D eigenvalue weighted by atomic mass is 127. The molecule has 0 spiro atoms. The van der Waals surface area contributed by atoms with Crippen molar-refractivity contribution in [2.75, 3.05) is 8.86 Å². The number of hydrogen-bond donors (Lipinski definition) is 0. The first kappa shape index (κ1) is 17.7. The third-order valence-corrected chi connectivity index (χ3v) is 6.49. The van der Waals surface area contributed by atoms with Gasteiger partial charge in [-0.2, -0.15) is 0 Å². The van der Waals surface area contributed by atoms with Gasteiger partial charge in [-0.3, -0.25) is 0 Å². The second-order valence-corrected chi connectivity index (χ2v) is 7.65. The van der Waals surface area contributed by atoms with Gasteiger partial charge in [0.25, 0.3) is 0 Å². The van der Waals surface area contributed by atoms with Crippen LogP contribution in [0.5, 0.6) is 0 Å². The van der Waals surface area contributed by atoms with Gasteiger partial charge < -0.3 is 4.74 Å². The van der Waals surface area contributed by atoms with Crippen molar-refractivity contribution in [3.05, 3.63) is 24.7 Å². The van der Waals surface area contributed by atoms with Crippen LogP contribution in [-0.2, 0) is 4.74 Å². The number of ether oxygens (including phenoxy) is 1. The molecule has 0 amide bonds. The van der Waals surface area contributed by atoms with E-state index < -0.39 is 0 Å². The Bertz CT molecular complexity index is 252. The second-order valence-electron chi connectivity index (χ2n) is 6.13. The molecule has 0 N–H and O–H groups in total. The quantitative estimate of drug-likeness (QED) is 0.254. The predicted molar refractivity (Wildman–Crippen MR) is 93.9 cm³/mol. The van der Waals surface area contributed by atoms with Crippen molar-refractivity contribution in [1.29, 1.82) is 0 Å². The molecule has 0 bridgehead atoms. The lowest BCUT2D eigenvalue weighted by Crippen LogP contribution is -2.17. The van der Waals surface area contributed by atoms with Crippen molar-refractivity contribution < 1.29 is 4.74 Å². The maximum Gasteiger partial charge on any atom is 0.0969 e. The Hall–Kier alpha value is 0.740. The van der Waals surface area contributed by atoms with Crippen LogP contribution < -0.4 is 0 Å². The normalized spacial score (nSPS) is 12.4. The predicted octanol–water partition coefficient (Wildman–Crippen LogP) is 5.73. The van der Waals surface area contributed by atoms with Gasteiger partial charge in [-0.05, 0) is 10.8 Å². The highest BCUT2D eigenvalue weighted by Gasteiger charge is 2.21. The highest BCUT2D eigenvalue weighted by Crippen LogP contribution is 2.31. The Labute approximate surface area is 134 Å². The van der Waals surface area contributed by atoms with E-state index >= 15 is 0 Å². The fourth-order valence-electron chi connectivity index (χ4n) is 1.44. The molecule has 0 rings (SSSR count). The van der Waals surface area contributed by atoms with Crippen LogP contribution in [0.3, 0.4) is 0 Å². The van der Waals surface area contributed by atoms with E-state index in [4.69, 9.17) is 4.74 Å². The van der Waals surface area contributed by atoms with Gasteiger partial charge in [0, 0.05) is 21.7 Å². The molecular weight excluding hydrogens is 438 g/mol.